The van der Waals surface area contributed by atoms with Crippen molar-refractivity contribution in [1.82, 2.24) is 9.80 Å². The van der Waals surface area contributed by atoms with E-state index < -0.39 is 0 Å². The van der Waals surface area contributed by atoms with E-state index in [0.29, 0.717) is 23.7 Å². The highest BCUT2D eigenvalue weighted by Crippen LogP contribution is 2.36. The van der Waals surface area contributed by atoms with Crippen LogP contribution in [0.25, 0.3) is 0 Å². The minimum absolute atomic E-state index is 0.182. The fourth-order valence-electron chi connectivity index (χ4n) is 5.41. The molecule has 1 saturated carbocycles. The molecule has 0 unspecified atom stereocenters. The summed E-state index contributed by atoms with van der Waals surface area (Å²) >= 11 is 0. The van der Waals surface area contributed by atoms with Crippen molar-refractivity contribution >= 4 is 5.91 Å². The molecule has 3 nitrogen and oxygen atoms in total. The average Bonchev–Trinajstić information content (AvgIpc) is 3.33. The van der Waals surface area contributed by atoms with Gasteiger partial charge in [0.2, 0.25) is 5.91 Å². The molecule has 2 heterocycles. The van der Waals surface area contributed by atoms with Crippen LogP contribution in [0.3, 0.4) is 0 Å². The van der Waals surface area contributed by atoms with Gasteiger partial charge in [0.05, 0.1) is 0 Å². The molecule has 0 bridgehead atoms. The number of likely N-dealkylation sites (tertiary alicyclic amines) is 2. The fourth-order valence-corrected chi connectivity index (χ4v) is 5.41. The first kappa shape index (κ1) is 18.9. The highest BCUT2D eigenvalue weighted by atomic mass is 19.1. The maximum Gasteiger partial charge on any atom is 0.222 e. The molecule has 3 aliphatic rings. The molecule has 1 aliphatic carbocycles. The lowest BCUT2D eigenvalue weighted by Crippen LogP contribution is -2.37. The van der Waals surface area contributed by atoms with E-state index in [1.165, 1.54) is 63.6 Å². The molecule has 4 heteroatoms. The molecular weight excluding hydrogens is 339 g/mol. The molecule has 0 aromatic heterocycles. The summed E-state index contributed by atoms with van der Waals surface area (Å²) < 4.78 is 13.4. The Balaban J connectivity index is 1.45. The van der Waals surface area contributed by atoms with Crippen LogP contribution in [0.4, 0.5) is 4.39 Å². The number of hydrogen-bond donors (Lipinski definition) is 0. The molecule has 3 fully saturated rings. The molecule has 0 spiro atoms. The van der Waals surface area contributed by atoms with Crippen molar-refractivity contribution in [1.29, 1.82) is 0 Å². The molecule has 27 heavy (non-hydrogen) atoms. The van der Waals surface area contributed by atoms with Crippen molar-refractivity contribution in [3.05, 3.63) is 35.6 Å². The zero-order valence-corrected chi connectivity index (χ0v) is 16.4. The number of amides is 1. The van der Waals surface area contributed by atoms with Crippen LogP contribution < -0.4 is 0 Å². The number of carbonyl (C=O) groups excluding carboxylic acids is 1. The van der Waals surface area contributed by atoms with E-state index in [2.05, 4.69) is 9.80 Å². The van der Waals surface area contributed by atoms with E-state index in [1.54, 1.807) is 12.1 Å². The maximum atomic E-state index is 13.4. The second kappa shape index (κ2) is 8.72. The summed E-state index contributed by atoms with van der Waals surface area (Å²) in [7, 11) is 0. The Labute approximate surface area is 162 Å². The number of benzene rings is 1. The first-order chi connectivity index (χ1) is 13.2. The minimum atomic E-state index is -0.182. The lowest BCUT2D eigenvalue weighted by molar-refractivity contribution is -0.131. The van der Waals surface area contributed by atoms with E-state index in [0.717, 1.165) is 26.1 Å². The summed E-state index contributed by atoms with van der Waals surface area (Å²) in [6, 6.07) is 6.98. The molecule has 1 aromatic rings. The van der Waals surface area contributed by atoms with Gasteiger partial charge in [0.1, 0.15) is 5.82 Å². The van der Waals surface area contributed by atoms with E-state index in [1.807, 2.05) is 12.1 Å². The highest BCUT2D eigenvalue weighted by Gasteiger charge is 2.37. The Morgan fingerprint density at radius 1 is 0.963 bits per heavy atom. The normalized spacial score (nSPS) is 27.4. The summed E-state index contributed by atoms with van der Waals surface area (Å²) in [4.78, 5) is 17.6. The Morgan fingerprint density at radius 2 is 1.67 bits per heavy atom. The van der Waals surface area contributed by atoms with Gasteiger partial charge in [-0.3, -0.25) is 4.79 Å². The number of rotatable bonds is 5. The van der Waals surface area contributed by atoms with Crippen LogP contribution in [0, 0.1) is 17.7 Å². The largest absolute Gasteiger partial charge is 0.342 e. The van der Waals surface area contributed by atoms with Gasteiger partial charge in [0.25, 0.3) is 0 Å². The number of hydrogen-bond acceptors (Lipinski definition) is 2. The summed E-state index contributed by atoms with van der Waals surface area (Å²) in [6.07, 6.45) is 9.66. The van der Waals surface area contributed by atoms with Gasteiger partial charge in [-0.25, -0.2) is 4.39 Å². The monoisotopic (exact) mass is 372 g/mol. The minimum Gasteiger partial charge on any atom is -0.342 e. The Bertz CT molecular complexity index is 620. The Morgan fingerprint density at radius 3 is 2.37 bits per heavy atom. The third-order valence-corrected chi connectivity index (χ3v) is 6.97. The first-order valence-electron chi connectivity index (χ1n) is 10.9. The molecule has 2 saturated heterocycles. The highest BCUT2D eigenvalue weighted by molar-refractivity contribution is 5.77. The molecule has 2 atom stereocenters. The van der Waals surface area contributed by atoms with Crippen molar-refractivity contribution in [2.45, 2.75) is 57.3 Å². The molecule has 1 aromatic carbocycles. The van der Waals surface area contributed by atoms with Crippen LogP contribution in [-0.4, -0.2) is 48.4 Å². The standard InChI is InChI=1S/C23H33FN2O/c24-21-10-8-19(9-11-21)22-17-26(23(27)14-18-6-2-3-7-18)16-20(22)15-25-12-4-1-5-13-25/h8-11,18,20,22H,1-7,12-17H2/t20-,22-/m1/s1. The van der Waals surface area contributed by atoms with Gasteiger partial charge in [-0.2, -0.15) is 0 Å². The maximum absolute atomic E-state index is 13.4. The van der Waals surface area contributed by atoms with Gasteiger partial charge >= 0.3 is 0 Å². The lowest BCUT2D eigenvalue weighted by Gasteiger charge is -2.31. The van der Waals surface area contributed by atoms with Crippen molar-refractivity contribution in [2.75, 3.05) is 32.7 Å². The molecule has 0 radical (unpaired) electrons. The zero-order valence-electron chi connectivity index (χ0n) is 16.4. The third kappa shape index (κ3) is 4.71. The quantitative estimate of drug-likeness (QED) is 0.763. The van der Waals surface area contributed by atoms with Gasteiger partial charge in [-0.05, 0) is 68.3 Å². The third-order valence-electron chi connectivity index (χ3n) is 6.97. The molecule has 1 amide bonds. The van der Waals surface area contributed by atoms with Gasteiger partial charge in [0.15, 0.2) is 0 Å². The summed E-state index contributed by atoms with van der Waals surface area (Å²) in [5.41, 5.74) is 1.19. The summed E-state index contributed by atoms with van der Waals surface area (Å²) in [5.74, 6) is 1.55. The Kier molecular flexibility index (Phi) is 6.11. The first-order valence-corrected chi connectivity index (χ1v) is 10.9. The fraction of sp³-hybridized carbons (Fsp3) is 0.696. The molecule has 148 valence electrons. The van der Waals surface area contributed by atoms with Crippen LogP contribution in [-0.2, 0) is 4.79 Å². The molecule has 2 aliphatic heterocycles. The average molecular weight is 373 g/mol. The zero-order chi connectivity index (χ0) is 18.6. The topological polar surface area (TPSA) is 23.6 Å². The van der Waals surface area contributed by atoms with Gasteiger partial charge in [-0.15, -0.1) is 0 Å². The van der Waals surface area contributed by atoms with Crippen molar-refractivity contribution in [3.63, 3.8) is 0 Å². The van der Waals surface area contributed by atoms with E-state index in [-0.39, 0.29) is 5.82 Å². The number of nitrogens with zero attached hydrogens (tertiary/aromatic N) is 2. The van der Waals surface area contributed by atoms with Gasteiger partial charge < -0.3 is 9.80 Å². The van der Waals surface area contributed by atoms with Crippen molar-refractivity contribution in [2.24, 2.45) is 11.8 Å². The van der Waals surface area contributed by atoms with Crippen LogP contribution in [0.2, 0.25) is 0 Å². The number of carbonyl (C=O) groups is 1. The molecular formula is C23H33FN2O. The van der Waals surface area contributed by atoms with E-state index >= 15 is 0 Å². The van der Waals surface area contributed by atoms with Crippen molar-refractivity contribution < 1.29 is 9.18 Å². The van der Waals surface area contributed by atoms with Crippen LogP contribution in [0.1, 0.15) is 62.8 Å². The Hall–Kier alpha value is -1.42. The second-order valence-electron chi connectivity index (χ2n) is 8.93. The molecule has 4 rings (SSSR count). The summed E-state index contributed by atoms with van der Waals surface area (Å²) in [5, 5.41) is 0. The van der Waals surface area contributed by atoms with Gasteiger partial charge in [-0.1, -0.05) is 31.4 Å². The molecule has 0 N–H and O–H groups in total. The number of halogens is 1. The van der Waals surface area contributed by atoms with Crippen LogP contribution in [0.5, 0.6) is 0 Å². The van der Waals surface area contributed by atoms with E-state index in [4.69, 9.17) is 0 Å². The predicted octanol–water partition coefficient (Wildman–Crippen LogP) is 4.43. The SMILES string of the molecule is O=C(CC1CCCC1)N1C[C@@H](CN2CCCCC2)[C@@H](c2ccc(F)cc2)C1. The second-order valence-corrected chi connectivity index (χ2v) is 8.93. The van der Waals surface area contributed by atoms with Gasteiger partial charge in [0, 0.05) is 32.0 Å². The predicted molar refractivity (Wildman–Crippen MR) is 106 cm³/mol. The van der Waals surface area contributed by atoms with Crippen molar-refractivity contribution in [3.8, 4) is 0 Å². The van der Waals surface area contributed by atoms with Crippen LogP contribution in [0.15, 0.2) is 24.3 Å². The van der Waals surface area contributed by atoms with Crippen LogP contribution >= 0.6 is 0 Å². The van der Waals surface area contributed by atoms with E-state index in [9.17, 15) is 9.18 Å². The smallest absolute Gasteiger partial charge is 0.222 e. The lowest BCUT2D eigenvalue weighted by atomic mass is 9.88. The number of piperidine rings is 1. The summed E-state index contributed by atoms with van der Waals surface area (Å²) in [6.45, 7) is 5.10.